The van der Waals surface area contributed by atoms with Crippen molar-refractivity contribution in [3.63, 3.8) is 0 Å². The summed E-state index contributed by atoms with van der Waals surface area (Å²) in [5.41, 5.74) is 0. The summed E-state index contributed by atoms with van der Waals surface area (Å²) in [6, 6.07) is 5.63. The summed E-state index contributed by atoms with van der Waals surface area (Å²) < 4.78 is 36.9. The van der Waals surface area contributed by atoms with Crippen LogP contribution in [0.1, 0.15) is 23.5 Å². The fourth-order valence-corrected chi connectivity index (χ4v) is 4.50. The van der Waals surface area contributed by atoms with E-state index < -0.39 is 15.9 Å². The van der Waals surface area contributed by atoms with Gasteiger partial charge in [0.05, 0.1) is 10.6 Å². The maximum Gasteiger partial charge on any atom is 0.264 e. The molecule has 0 aliphatic carbocycles. The van der Waals surface area contributed by atoms with Gasteiger partial charge in [0.2, 0.25) is 0 Å². The number of carbonyl (C=O) groups is 1. The second kappa shape index (κ2) is 6.34. The third-order valence-electron chi connectivity index (χ3n) is 3.37. The second-order valence-electron chi connectivity index (χ2n) is 5.33. The van der Waals surface area contributed by atoms with Gasteiger partial charge in [-0.2, -0.15) is 0 Å². The van der Waals surface area contributed by atoms with Crippen LogP contribution in [0.3, 0.4) is 0 Å². The Hall–Kier alpha value is -1.47. The maximum atomic E-state index is 13.2. The molecule has 0 saturated carbocycles. The smallest absolute Gasteiger partial charge is 0.264 e. The van der Waals surface area contributed by atoms with Crippen LogP contribution in [0.5, 0.6) is 0 Å². The Bertz CT molecular complexity index is 798. The molecule has 0 aliphatic rings. The Kier molecular flexibility index (Phi) is 4.87. The van der Waals surface area contributed by atoms with Crippen LogP contribution in [0.4, 0.5) is 4.39 Å². The van der Waals surface area contributed by atoms with Gasteiger partial charge in [0.25, 0.3) is 5.91 Å². The fraction of sp³-hybridized carbons (Fsp3) is 0.400. The Balaban J connectivity index is 2.30. The number of sulfone groups is 1. The highest BCUT2D eigenvalue weighted by molar-refractivity contribution is 7.90. The van der Waals surface area contributed by atoms with Crippen LogP contribution in [0.15, 0.2) is 24.3 Å². The van der Waals surface area contributed by atoms with E-state index >= 15 is 0 Å². The van der Waals surface area contributed by atoms with E-state index in [0.717, 1.165) is 11.0 Å². The zero-order valence-corrected chi connectivity index (χ0v) is 14.3. The van der Waals surface area contributed by atoms with Crippen LogP contribution < -0.4 is 0 Å². The largest absolute Gasteiger partial charge is 0.335 e. The molecule has 0 bridgehead atoms. The van der Waals surface area contributed by atoms with Gasteiger partial charge in [-0.3, -0.25) is 4.79 Å². The molecule has 7 heteroatoms. The summed E-state index contributed by atoms with van der Waals surface area (Å²) >= 11 is 1.29. The van der Waals surface area contributed by atoms with Crippen molar-refractivity contribution in [3.8, 4) is 0 Å². The van der Waals surface area contributed by atoms with Gasteiger partial charge in [-0.25, -0.2) is 12.8 Å². The van der Waals surface area contributed by atoms with E-state index in [1.165, 1.54) is 28.4 Å². The molecule has 2 aromatic rings. The van der Waals surface area contributed by atoms with Crippen LogP contribution in [0.25, 0.3) is 10.1 Å². The van der Waals surface area contributed by atoms with Crippen molar-refractivity contribution in [1.29, 1.82) is 0 Å². The lowest BCUT2D eigenvalue weighted by atomic mass is 10.2. The van der Waals surface area contributed by atoms with Crippen molar-refractivity contribution < 1.29 is 17.6 Å². The van der Waals surface area contributed by atoms with Gasteiger partial charge in [0.15, 0.2) is 0 Å². The molecule has 120 valence electrons. The van der Waals surface area contributed by atoms with Gasteiger partial charge in [0.1, 0.15) is 15.7 Å². The molecule has 0 aliphatic heterocycles. The minimum atomic E-state index is -3.16. The molecule has 0 spiro atoms. The molecule has 4 nitrogen and oxygen atoms in total. The lowest BCUT2D eigenvalue weighted by molar-refractivity contribution is 0.0724. The van der Waals surface area contributed by atoms with E-state index in [0.29, 0.717) is 16.8 Å². The second-order valence-corrected chi connectivity index (χ2v) is 8.59. The van der Waals surface area contributed by atoms with Crippen LogP contribution in [-0.2, 0) is 9.84 Å². The Morgan fingerprint density at radius 3 is 2.64 bits per heavy atom. The highest BCUT2D eigenvalue weighted by atomic mass is 32.2. The molecular formula is C15H18FNO3S2. The summed E-state index contributed by atoms with van der Waals surface area (Å²) in [6.07, 6.45) is 1.16. The van der Waals surface area contributed by atoms with E-state index in [9.17, 15) is 17.6 Å². The van der Waals surface area contributed by atoms with E-state index in [4.69, 9.17) is 0 Å². The molecule has 0 radical (unpaired) electrons. The molecule has 2 rings (SSSR count). The van der Waals surface area contributed by atoms with Crippen molar-refractivity contribution >= 4 is 37.2 Å². The minimum Gasteiger partial charge on any atom is -0.335 e. The van der Waals surface area contributed by atoms with E-state index in [1.54, 1.807) is 19.1 Å². The minimum absolute atomic E-state index is 0.0773. The zero-order chi connectivity index (χ0) is 16.5. The van der Waals surface area contributed by atoms with Crippen molar-refractivity contribution in [3.05, 3.63) is 35.0 Å². The maximum absolute atomic E-state index is 13.2. The fourth-order valence-electron chi connectivity index (χ4n) is 2.44. The molecule has 1 aromatic carbocycles. The van der Waals surface area contributed by atoms with E-state index in [1.807, 2.05) is 6.92 Å². The first-order valence-corrected chi connectivity index (χ1v) is 9.76. The molecule has 22 heavy (non-hydrogen) atoms. The molecule has 1 amide bonds. The number of benzene rings is 1. The average Bonchev–Trinajstić information content (AvgIpc) is 2.80. The SMILES string of the molecule is CCN(C(=O)c1cc2cc(F)ccc2s1)[C@@H](C)CS(C)(=O)=O. The third-order valence-corrected chi connectivity index (χ3v) is 5.56. The van der Waals surface area contributed by atoms with Crippen molar-refractivity contribution in [2.75, 3.05) is 18.6 Å². The summed E-state index contributed by atoms with van der Waals surface area (Å²) in [6.45, 7) is 3.94. The van der Waals surface area contributed by atoms with Crippen molar-refractivity contribution in [2.24, 2.45) is 0 Å². The number of hydrogen-bond acceptors (Lipinski definition) is 4. The molecule has 0 unspecified atom stereocenters. The standard InChI is InChI=1S/C15H18FNO3S2/c1-4-17(10(2)9-22(3,19)20)15(18)14-8-11-7-12(16)5-6-13(11)21-14/h5-8,10H,4,9H2,1-3H3/t10-/m0/s1. The number of carbonyl (C=O) groups excluding carboxylic acids is 1. The van der Waals surface area contributed by atoms with Crippen LogP contribution >= 0.6 is 11.3 Å². The number of halogens is 1. The van der Waals surface area contributed by atoms with Gasteiger partial charge in [-0.15, -0.1) is 11.3 Å². The van der Waals surface area contributed by atoms with Crippen LogP contribution in [0, 0.1) is 5.82 Å². The summed E-state index contributed by atoms with van der Waals surface area (Å²) in [7, 11) is -3.16. The normalized spacial score (nSPS) is 13.3. The van der Waals surface area contributed by atoms with Gasteiger partial charge < -0.3 is 4.90 Å². The molecule has 0 N–H and O–H groups in total. The quantitative estimate of drug-likeness (QED) is 0.839. The predicted octanol–water partition coefficient (Wildman–Crippen LogP) is 2.94. The number of hydrogen-bond donors (Lipinski definition) is 0. The Labute approximate surface area is 133 Å². The number of rotatable bonds is 5. The lowest BCUT2D eigenvalue weighted by Crippen LogP contribution is -2.41. The van der Waals surface area contributed by atoms with Gasteiger partial charge in [0, 0.05) is 23.5 Å². The summed E-state index contributed by atoms with van der Waals surface area (Å²) in [5, 5.41) is 0.681. The van der Waals surface area contributed by atoms with Crippen LogP contribution in [0.2, 0.25) is 0 Å². The summed E-state index contributed by atoms with van der Waals surface area (Å²) in [4.78, 5) is 14.6. The lowest BCUT2D eigenvalue weighted by Gasteiger charge is -2.27. The zero-order valence-electron chi connectivity index (χ0n) is 12.7. The highest BCUT2D eigenvalue weighted by Gasteiger charge is 2.24. The topological polar surface area (TPSA) is 54.5 Å². The van der Waals surface area contributed by atoms with Crippen molar-refractivity contribution in [2.45, 2.75) is 19.9 Å². The average molecular weight is 343 g/mol. The molecule has 1 atom stereocenters. The Morgan fingerprint density at radius 2 is 2.05 bits per heavy atom. The number of thiophene rings is 1. The van der Waals surface area contributed by atoms with Gasteiger partial charge in [-0.1, -0.05) is 0 Å². The molecular weight excluding hydrogens is 325 g/mol. The number of amides is 1. The number of fused-ring (bicyclic) bond motifs is 1. The monoisotopic (exact) mass is 343 g/mol. The van der Waals surface area contributed by atoms with Gasteiger partial charge in [-0.05, 0) is 43.5 Å². The van der Waals surface area contributed by atoms with E-state index in [2.05, 4.69) is 0 Å². The van der Waals surface area contributed by atoms with Crippen molar-refractivity contribution in [1.82, 2.24) is 4.90 Å². The molecule has 0 fully saturated rings. The molecule has 1 aromatic heterocycles. The van der Waals surface area contributed by atoms with Gasteiger partial charge >= 0.3 is 0 Å². The molecule has 0 saturated heterocycles. The highest BCUT2D eigenvalue weighted by Crippen LogP contribution is 2.27. The molecule has 1 heterocycles. The Morgan fingerprint density at radius 1 is 1.36 bits per heavy atom. The summed E-state index contributed by atoms with van der Waals surface area (Å²) in [5.74, 6) is -0.645. The third kappa shape index (κ3) is 3.84. The van der Waals surface area contributed by atoms with Crippen LogP contribution in [-0.4, -0.2) is 43.8 Å². The first-order valence-electron chi connectivity index (χ1n) is 6.89. The first kappa shape index (κ1) is 16.9. The van der Waals surface area contributed by atoms with E-state index in [-0.39, 0.29) is 17.5 Å². The first-order chi connectivity index (χ1) is 10.2. The number of nitrogens with zero attached hydrogens (tertiary/aromatic N) is 1. The predicted molar refractivity (Wildman–Crippen MR) is 87.7 cm³/mol.